The van der Waals surface area contributed by atoms with E-state index in [0.717, 1.165) is 12.2 Å². The van der Waals surface area contributed by atoms with Crippen LogP contribution in [0, 0.1) is 0 Å². The monoisotopic (exact) mass is 158 g/mol. The standard InChI is InChI=1S/C6H3ClO3/c7-3-1-5(9)6(10)2-4(3)8/h1-2,8H. The van der Waals surface area contributed by atoms with Crippen molar-refractivity contribution >= 4 is 23.2 Å². The Bertz CT molecular complexity index is 234. The molecule has 0 atom stereocenters. The molecule has 0 heterocycles. The molecule has 1 rings (SSSR count). The van der Waals surface area contributed by atoms with E-state index in [-0.39, 0.29) is 10.8 Å². The van der Waals surface area contributed by atoms with Gasteiger partial charge in [0.2, 0.25) is 11.6 Å². The Labute approximate surface area is 61.6 Å². The molecule has 1 aliphatic rings. The fourth-order valence-electron chi connectivity index (χ4n) is 0.524. The van der Waals surface area contributed by atoms with Crippen LogP contribution in [-0.4, -0.2) is 16.7 Å². The fraction of sp³-hybridized carbons (Fsp3) is 0. The van der Waals surface area contributed by atoms with E-state index in [4.69, 9.17) is 16.7 Å². The van der Waals surface area contributed by atoms with Gasteiger partial charge >= 0.3 is 0 Å². The molecular weight excluding hydrogens is 156 g/mol. The highest BCUT2D eigenvalue weighted by atomic mass is 35.5. The molecule has 1 N–H and O–H groups in total. The van der Waals surface area contributed by atoms with E-state index in [1.807, 2.05) is 0 Å². The van der Waals surface area contributed by atoms with Gasteiger partial charge in [-0.25, -0.2) is 0 Å². The minimum Gasteiger partial charge on any atom is -0.506 e. The van der Waals surface area contributed by atoms with Crippen LogP contribution in [0.3, 0.4) is 0 Å². The lowest BCUT2D eigenvalue weighted by Crippen LogP contribution is -2.13. The number of halogens is 1. The molecule has 0 spiro atoms. The molecule has 1 aliphatic carbocycles. The third-order valence-corrected chi connectivity index (χ3v) is 1.32. The summed E-state index contributed by atoms with van der Waals surface area (Å²) < 4.78 is 0. The van der Waals surface area contributed by atoms with Crippen LogP contribution in [0.25, 0.3) is 0 Å². The van der Waals surface area contributed by atoms with Crippen molar-refractivity contribution in [3.63, 3.8) is 0 Å². The van der Waals surface area contributed by atoms with Crippen molar-refractivity contribution in [1.29, 1.82) is 0 Å². The lowest BCUT2D eigenvalue weighted by atomic mass is 10.1. The summed E-state index contributed by atoms with van der Waals surface area (Å²) in [5, 5.41) is 8.66. The van der Waals surface area contributed by atoms with Crippen molar-refractivity contribution in [2.75, 3.05) is 0 Å². The molecule has 0 unspecified atom stereocenters. The molecule has 0 saturated heterocycles. The molecular formula is C6H3ClO3. The molecule has 52 valence electrons. The summed E-state index contributed by atoms with van der Waals surface area (Å²) in [7, 11) is 0. The SMILES string of the molecule is O=C1C=C(O)C(Cl)=CC1=O. The van der Waals surface area contributed by atoms with Crippen LogP contribution in [0.4, 0.5) is 0 Å². The van der Waals surface area contributed by atoms with Gasteiger partial charge in [-0.2, -0.15) is 0 Å². The molecule has 0 bridgehead atoms. The van der Waals surface area contributed by atoms with E-state index in [0.29, 0.717) is 0 Å². The Hall–Kier alpha value is -1.09. The second-order valence-corrected chi connectivity index (χ2v) is 2.16. The van der Waals surface area contributed by atoms with E-state index in [1.165, 1.54) is 0 Å². The third-order valence-electron chi connectivity index (χ3n) is 1.01. The fourth-order valence-corrected chi connectivity index (χ4v) is 0.678. The Balaban J connectivity index is 3.06. The van der Waals surface area contributed by atoms with Crippen LogP contribution in [-0.2, 0) is 9.59 Å². The molecule has 3 nitrogen and oxygen atoms in total. The number of ketones is 2. The highest BCUT2D eigenvalue weighted by Gasteiger charge is 2.17. The number of aliphatic hydroxyl groups is 1. The van der Waals surface area contributed by atoms with Gasteiger partial charge in [0.25, 0.3) is 0 Å². The predicted octanol–water partition coefficient (Wildman–Crippen LogP) is 0.703. The Morgan fingerprint density at radius 3 is 2.20 bits per heavy atom. The summed E-state index contributed by atoms with van der Waals surface area (Å²) in [5.74, 6) is -1.81. The molecule has 4 heteroatoms. The largest absolute Gasteiger partial charge is 0.506 e. The van der Waals surface area contributed by atoms with Crippen LogP contribution in [0.1, 0.15) is 0 Å². The first-order chi connectivity index (χ1) is 4.61. The summed E-state index contributed by atoms with van der Waals surface area (Å²) in [6.45, 7) is 0. The Morgan fingerprint density at radius 1 is 1.20 bits per heavy atom. The topological polar surface area (TPSA) is 54.4 Å². The number of carbonyl (C=O) groups is 2. The summed E-state index contributed by atoms with van der Waals surface area (Å²) >= 11 is 5.30. The van der Waals surface area contributed by atoms with Crippen LogP contribution in [0.5, 0.6) is 0 Å². The van der Waals surface area contributed by atoms with Crippen molar-refractivity contribution in [1.82, 2.24) is 0 Å². The number of aliphatic hydroxyl groups excluding tert-OH is 1. The van der Waals surface area contributed by atoms with Gasteiger partial charge in [0.05, 0.1) is 5.03 Å². The van der Waals surface area contributed by atoms with Crippen molar-refractivity contribution in [3.05, 3.63) is 22.9 Å². The molecule has 10 heavy (non-hydrogen) atoms. The van der Waals surface area contributed by atoms with Gasteiger partial charge in [-0.1, -0.05) is 11.6 Å². The highest BCUT2D eigenvalue weighted by Crippen LogP contribution is 2.15. The minimum atomic E-state index is -0.748. The maximum absolute atomic E-state index is 10.5. The van der Waals surface area contributed by atoms with E-state index in [2.05, 4.69) is 0 Å². The number of carbonyl (C=O) groups excluding carboxylic acids is 2. The van der Waals surface area contributed by atoms with E-state index < -0.39 is 11.6 Å². The normalized spacial score (nSPS) is 18.5. The van der Waals surface area contributed by atoms with Crippen LogP contribution < -0.4 is 0 Å². The van der Waals surface area contributed by atoms with Crippen molar-refractivity contribution in [2.24, 2.45) is 0 Å². The predicted molar refractivity (Wildman–Crippen MR) is 34.7 cm³/mol. The van der Waals surface area contributed by atoms with Gasteiger partial charge in [-0.3, -0.25) is 9.59 Å². The average Bonchev–Trinajstić information content (AvgIpc) is 1.84. The minimum absolute atomic E-state index is 0.0930. The molecule has 0 saturated carbocycles. The van der Waals surface area contributed by atoms with Gasteiger partial charge in [0.1, 0.15) is 5.76 Å². The average molecular weight is 159 g/mol. The van der Waals surface area contributed by atoms with Gasteiger partial charge in [0, 0.05) is 12.2 Å². The smallest absolute Gasteiger partial charge is 0.229 e. The first-order valence-corrected chi connectivity index (χ1v) is 2.85. The molecule has 0 amide bonds. The maximum atomic E-state index is 10.5. The second kappa shape index (κ2) is 2.27. The zero-order valence-electron chi connectivity index (χ0n) is 4.80. The lowest BCUT2D eigenvalue weighted by Gasteiger charge is -2.00. The number of hydrogen-bond donors (Lipinski definition) is 1. The molecule has 0 fully saturated rings. The van der Waals surface area contributed by atoms with E-state index in [1.54, 1.807) is 0 Å². The zero-order valence-corrected chi connectivity index (χ0v) is 5.55. The Morgan fingerprint density at radius 2 is 1.70 bits per heavy atom. The Kier molecular flexibility index (Phi) is 1.59. The molecule has 0 radical (unpaired) electrons. The number of hydrogen-bond acceptors (Lipinski definition) is 3. The van der Waals surface area contributed by atoms with E-state index >= 15 is 0 Å². The zero-order chi connectivity index (χ0) is 7.72. The van der Waals surface area contributed by atoms with Gasteiger partial charge in [0.15, 0.2) is 0 Å². The van der Waals surface area contributed by atoms with Crippen molar-refractivity contribution in [3.8, 4) is 0 Å². The summed E-state index contributed by atoms with van der Waals surface area (Å²) in [5.41, 5.74) is 0. The van der Waals surface area contributed by atoms with Gasteiger partial charge in [-0.05, 0) is 0 Å². The number of allylic oxidation sites excluding steroid dienone is 3. The first-order valence-electron chi connectivity index (χ1n) is 2.48. The number of rotatable bonds is 0. The summed E-state index contributed by atoms with van der Waals surface area (Å²) in [6.07, 6.45) is 1.68. The summed E-state index contributed by atoms with van der Waals surface area (Å²) in [4.78, 5) is 20.9. The van der Waals surface area contributed by atoms with Crippen LogP contribution in [0.2, 0.25) is 0 Å². The van der Waals surface area contributed by atoms with Crippen molar-refractivity contribution in [2.45, 2.75) is 0 Å². The van der Waals surface area contributed by atoms with Gasteiger partial charge in [-0.15, -0.1) is 0 Å². The third kappa shape index (κ3) is 1.09. The van der Waals surface area contributed by atoms with Gasteiger partial charge < -0.3 is 5.11 Å². The quantitative estimate of drug-likeness (QED) is 0.417. The molecule has 0 aliphatic heterocycles. The van der Waals surface area contributed by atoms with Crippen molar-refractivity contribution < 1.29 is 14.7 Å². The van der Waals surface area contributed by atoms with E-state index in [9.17, 15) is 9.59 Å². The second-order valence-electron chi connectivity index (χ2n) is 1.75. The maximum Gasteiger partial charge on any atom is 0.229 e. The van der Waals surface area contributed by atoms with Crippen LogP contribution in [0.15, 0.2) is 22.9 Å². The summed E-state index contributed by atoms with van der Waals surface area (Å²) in [6, 6.07) is 0. The molecule has 0 aromatic carbocycles. The molecule has 0 aromatic heterocycles. The first kappa shape index (κ1) is 7.02. The molecule has 0 aromatic rings. The highest BCUT2D eigenvalue weighted by molar-refractivity contribution is 6.50. The van der Waals surface area contributed by atoms with Crippen LogP contribution >= 0.6 is 11.6 Å². The lowest BCUT2D eigenvalue weighted by molar-refractivity contribution is -0.131.